The standard InChI is InChI=1S/C13H19F3N2/c1-3-6-18(9-13(14,15)16)12-5-4-11(8-17)10(2)7-12/h4-5,7H,3,6,8-9,17H2,1-2H3. The van der Waals surface area contributed by atoms with Gasteiger partial charge in [-0.05, 0) is 36.6 Å². The Bertz CT molecular complexity index is 388. The van der Waals surface area contributed by atoms with Crippen molar-refractivity contribution in [2.45, 2.75) is 33.0 Å². The number of anilines is 1. The second kappa shape index (κ2) is 6.09. The van der Waals surface area contributed by atoms with Gasteiger partial charge in [-0.15, -0.1) is 0 Å². The molecule has 0 saturated carbocycles. The number of benzene rings is 1. The van der Waals surface area contributed by atoms with Crippen molar-refractivity contribution in [3.63, 3.8) is 0 Å². The van der Waals surface area contributed by atoms with E-state index in [0.29, 0.717) is 25.2 Å². The Morgan fingerprint density at radius 3 is 2.39 bits per heavy atom. The van der Waals surface area contributed by atoms with Gasteiger partial charge in [0, 0.05) is 18.8 Å². The Labute approximate surface area is 106 Å². The number of hydrogen-bond acceptors (Lipinski definition) is 2. The third-order valence-corrected chi connectivity index (χ3v) is 2.77. The van der Waals surface area contributed by atoms with Gasteiger partial charge in [0.25, 0.3) is 0 Å². The van der Waals surface area contributed by atoms with Crippen LogP contribution in [0.3, 0.4) is 0 Å². The molecule has 0 bridgehead atoms. The summed E-state index contributed by atoms with van der Waals surface area (Å²) in [5, 5.41) is 0. The number of halogens is 3. The zero-order valence-electron chi connectivity index (χ0n) is 10.7. The van der Waals surface area contributed by atoms with Crippen LogP contribution >= 0.6 is 0 Å². The first-order valence-corrected chi connectivity index (χ1v) is 5.98. The molecular weight excluding hydrogens is 241 g/mol. The number of alkyl halides is 3. The van der Waals surface area contributed by atoms with E-state index >= 15 is 0 Å². The van der Waals surface area contributed by atoms with Gasteiger partial charge in [0.1, 0.15) is 6.54 Å². The molecule has 102 valence electrons. The van der Waals surface area contributed by atoms with Crippen molar-refractivity contribution in [1.29, 1.82) is 0 Å². The Kier molecular flexibility index (Phi) is 5.02. The lowest BCUT2D eigenvalue weighted by Crippen LogP contribution is -2.34. The molecule has 0 heterocycles. The third kappa shape index (κ3) is 4.22. The lowest BCUT2D eigenvalue weighted by atomic mass is 10.1. The lowest BCUT2D eigenvalue weighted by Gasteiger charge is -2.26. The van der Waals surface area contributed by atoms with E-state index in [1.54, 1.807) is 18.2 Å². The summed E-state index contributed by atoms with van der Waals surface area (Å²) < 4.78 is 37.5. The topological polar surface area (TPSA) is 29.3 Å². The molecule has 0 aliphatic heterocycles. The first kappa shape index (κ1) is 14.8. The third-order valence-electron chi connectivity index (χ3n) is 2.77. The summed E-state index contributed by atoms with van der Waals surface area (Å²) in [5.74, 6) is 0. The molecule has 0 unspecified atom stereocenters. The molecule has 0 amide bonds. The van der Waals surface area contributed by atoms with Gasteiger partial charge in [-0.3, -0.25) is 0 Å². The molecule has 0 aliphatic carbocycles. The van der Waals surface area contributed by atoms with Crippen LogP contribution in [-0.2, 0) is 6.54 Å². The molecule has 0 radical (unpaired) electrons. The average Bonchev–Trinajstić information content (AvgIpc) is 2.26. The molecule has 1 aromatic carbocycles. The molecule has 0 spiro atoms. The van der Waals surface area contributed by atoms with Gasteiger partial charge in [-0.2, -0.15) is 13.2 Å². The molecule has 0 aliphatic rings. The largest absolute Gasteiger partial charge is 0.405 e. The van der Waals surface area contributed by atoms with E-state index in [1.165, 1.54) is 4.90 Å². The van der Waals surface area contributed by atoms with E-state index in [9.17, 15) is 13.2 Å². The van der Waals surface area contributed by atoms with Crippen LogP contribution in [0.4, 0.5) is 18.9 Å². The lowest BCUT2D eigenvalue weighted by molar-refractivity contribution is -0.119. The highest BCUT2D eigenvalue weighted by Gasteiger charge is 2.30. The number of hydrogen-bond donors (Lipinski definition) is 1. The van der Waals surface area contributed by atoms with Crippen LogP contribution in [-0.4, -0.2) is 19.3 Å². The second-order valence-electron chi connectivity index (χ2n) is 4.35. The van der Waals surface area contributed by atoms with Gasteiger partial charge < -0.3 is 10.6 Å². The summed E-state index contributed by atoms with van der Waals surface area (Å²) in [5.41, 5.74) is 8.03. The fourth-order valence-electron chi connectivity index (χ4n) is 1.89. The van der Waals surface area contributed by atoms with Gasteiger partial charge in [0.2, 0.25) is 0 Å². The zero-order valence-corrected chi connectivity index (χ0v) is 10.7. The zero-order chi connectivity index (χ0) is 13.8. The second-order valence-corrected chi connectivity index (χ2v) is 4.35. The van der Waals surface area contributed by atoms with Crippen LogP contribution < -0.4 is 10.6 Å². The number of nitrogens with zero attached hydrogens (tertiary/aromatic N) is 1. The molecule has 0 fully saturated rings. The molecule has 0 atom stereocenters. The van der Waals surface area contributed by atoms with Crippen LogP contribution in [0.2, 0.25) is 0 Å². The van der Waals surface area contributed by atoms with Crippen LogP contribution in [0, 0.1) is 6.92 Å². The summed E-state index contributed by atoms with van der Waals surface area (Å²) in [6.07, 6.45) is -3.51. The van der Waals surface area contributed by atoms with Gasteiger partial charge >= 0.3 is 6.18 Å². The monoisotopic (exact) mass is 260 g/mol. The Morgan fingerprint density at radius 2 is 1.94 bits per heavy atom. The van der Waals surface area contributed by atoms with Crippen molar-refractivity contribution in [3.8, 4) is 0 Å². The highest BCUT2D eigenvalue weighted by Crippen LogP contribution is 2.24. The summed E-state index contributed by atoms with van der Waals surface area (Å²) >= 11 is 0. The summed E-state index contributed by atoms with van der Waals surface area (Å²) in [4.78, 5) is 1.35. The highest BCUT2D eigenvalue weighted by atomic mass is 19.4. The number of nitrogens with two attached hydrogens (primary N) is 1. The maximum absolute atomic E-state index is 12.5. The summed E-state index contributed by atoms with van der Waals surface area (Å²) in [6, 6.07) is 5.27. The Hall–Kier alpha value is -1.23. The first-order chi connectivity index (χ1) is 8.37. The average molecular weight is 260 g/mol. The molecule has 2 N–H and O–H groups in total. The molecule has 1 rings (SSSR count). The van der Waals surface area contributed by atoms with Crippen molar-refractivity contribution in [2.24, 2.45) is 5.73 Å². The van der Waals surface area contributed by atoms with Gasteiger partial charge in [0.05, 0.1) is 0 Å². The summed E-state index contributed by atoms with van der Waals surface area (Å²) in [7, 11) is 0. The molecule has 0 aromatic heterocycles. The van der Waals surface area contributed by atoms with E-state index < -0.39 is 12.7 Å². The van der Waals surface area contributed by atoms with Crippen molar-refractivity contribution < 1.29 is 13.2 Å². The van der Waals surface area contributed by atoms with E-state index in [4.69, 9.17) is 5.73 Å². The van der Waals surface area contributed by atoms with Crippen molar-refractivity contribution >= 4 is 5.69 Å². The number of aryl methyl sites for hydroxylation is 1. The van der Waals surface area contributed by atoms with Crippen LogP contribution in [0.5, 0.6) is 0 Å². The van der Waals surface area contributed by atoms with Gasteiger partial charge in [0.15, 0.2) is 0 Å². The van der Waals surface area contributed by atoms with Crippen molar-refractivity contribution in [1.82, 2.24) is 0 Å². The minimum absolute atomic E-state index is 0.390. The molecular formula is C13H19F3N2. The Morgan fingerprint density at radius 1 is 1.28 bits per heavy atom. The molecule has 2 nitrogen and oxygen atoms in total. The predicted octanol–water partition coefficient (Wildman–Crippen LogP) is 3.23. The normalized spacial score (nSPS) is 11.7. The van der Waals surface area contributed by atoms with Gasteiger partial charge in [-0.1, -0.05) is 13.0 Å². The quantitative estimate of drug-likeness (QED) is 0.880. The van der Waals surface area contributed by atoms with Crippen molar-refractivity contribution in [2.75, 3.05) is 18.0 Å². The van der Waals surface area contributed by atoms with E-state index in [-0.39, 0.29) is 0 Å². The maximum atomic E-state index is 12.5. The van der Waals surface area contributed by atoms with Crippen molar-refractivity contribution in [3.05, 3.63) is 29.3 Å². The van der Waals surface area contributed by atoms with Crippen LogP contribution in [0.15, 0.2) is 18.2 Å². The maximum Gasteiger partial charge on any atom is 0.405 e. The SMILES string of the molecule is CCCN(CC(F)(F)F)c1ccc(CN)c(C)c1. The number of rotatable bonds is 5. The smallest absolute Gasteiger partial charge is 0.363 e. The fraction of sp³-hybridized carbons (Fsp3) is 0.538. The van der Waals surface area contributed by atoms with E-state index in [2.05, 4.69) is 0 Å². The minimum atomic E-state index is -4.18. The van der Waals surface area contributed by atoms with Crippen LogP contribution in [0.25, 0.3) is 0 Å². The fourth-order valence-corrected chi connectivity index (χ4v) is 1.89. The molecule has 5 heteroatoms. The predicted molar refractivity (Wildman–Crippen MR) is 67.6 cm³/mol. The molecule has 1 aromatic rings. The van der Waals surface area contributed by atoms with E-state index in [1.807, 2.05) is 13.8 Å². The molecule has 18 heavy (non-hydrogen) atoms. The summed E-state index contributed by atoms with van der Waals surface area (Å²) in [6.45, 7) is 3.61. The van der Waals surface area contributed by atoms with Crippen LogP contribution in [0.1, 0.15) is 24.5 Å². The van der Waals surface area contributed by atoms with E-state index in [0.717, 1.165) is 11.1 Å². The van der Waals surface area contributed by atoms with Gasteiger partial charge in [-0.25, -0.2) is 0 Å². The highest BCUT2D eigenvalue weighted by molar-refractivity contribution is 5.51. The minimum Gasteiger partial charge on any atom is -0.363 e. The Balaban J connectivity index is 2.95. The first-order valence-electron chi connectivity index (χ1n) is 5.98. The molecule has 0 saturated heterocycles.